The minimum absolute atomic E-state index is 0.276. The van der Waals surface area contributed by atoms with Crippen LogP contribution in [-0.2, 0) is 4.74 Å². The van der Waals surface area contributed by atoms with Crippen LogP contribution >= 0.6 is 11.6 Å². The number of halogens is 1. The first kappa shape index (κ1) is 16.3. The number of hydrogen-bond acceptors (Lipinski definition) is 3. The van der Waals surface area contributed by atoms with Crippen LogP contribution in [-0.4, -0.2) is 30.7 Å². The Bertz CT molecular complexity index is 484. The zero-order valence-electron chi connectivity index (χ0n) is 11.8. The summed E-state index contributed by atoms with van der Waals surface area (Å²) in [5.74, 6) is -0.276. The minimum Gasteiger partial charge on any atom is -0.444 e. The molecule has 0 saturated heterocycles. The fourth-order valence-corrected chi connectivity index (χ4v) is 1.62. The molecule has 0 unspecified atom stereocenters. The van der Waals surface area contributed by atoms with Gasteiger partial charge in [0.1, 0.15) is 5.60 Å². The van der Waals surface area contributed by atoms with Gasteiger partial charge in [-0.2, -0.15) is 0 Å². The molecule has 0 aliphatic heterocycles. The van der Waals surface area contributed by atoms with Gasteiger partial charge in [0.15, 0.2) is 0 Å². The van der Waals surface area contributed by atoms with Crippen molar-refractivity contribution in [2.24, 2.45) is 0 Å². The number of rotatable bonds is 4. The molecule has 1 aromatic carbocycles. The van der Waals surface area contributed by atoms with E-state index in [2.05, 4.69) is 10.6 Å². The maximum absolute atomic E-state index is 11.8. The van der Waals surface area contributed by atoms with Gasteiger partial charge in [-0.25, -0.2) is 4.79 Å². The Kier molecular flexibility index (Phi) is 5.82. The molecule has 5 nitrogen and oxygen atoms in total. The predicted octanol–water partition coefficient (Wildman–Crippen LogP) is 2.59. The van der Waals surface area contributed by atoms with E-state index in [1.165, 1.54) is 0 Å². The molecule has 0 spiro atoms. The van der Waals surface area contributed by atoms with Gasteiger partial charge in [-0.3, -0.25) is 4.79 Å². The molecule has 2 amide bonds. The smallest absolute Gasteiger partial charge is 0.407 e. The minimum atomic E-state index is -0.537. The molecule has 2 N–H and O–H groups in total. The highest BCUT2D eigenvalue weighted by atomic mass is 35.5. The van der Waals surface area contributed by atoms with Crippen molar-refractivity contribution in [3.63, 3.8) is 0 Å². The molecule has 0 atom stereocenters. The summed E-state index contributed by atoms with van der Waals surface area (Å²) in [6.07, 6.45) is -0.510. The van der Waals surface area contributed by atoms with Gasteiger partial charge in [0, 0.05) is 13.1 Å². The first-order chi connectivity index (χ1) is 9.29. The third kappa shape index (κ3) is 5.93. The monoisotopic (exact) mass is 298 g/mol. The number of hydrogen-bond donors (Lipinski definition) is 2. The van der Waals surface area contributed by atoms with Crippen LogP contribution in [0.4, 0.5) is 4.79 Å². The number of ether oxygens (including phenoxy) is 1. The molecule has 1 aromatic rings. The molecule has 20 heavy (non-hydrogen) atoms. The van der Waals surface area contributed by atoms with Crippen LogP contribution in [0.3, 0.4) is 0 Å². The number of alkyl carbamates (subject to hydrolysis) is 1. The Morgan fingerprint density at radius 2 is 1.75 bits per heavy atom. The zero-order chi connectivity index (χ0) is 15.2. The molecule has 0 heterocycles. The molecule has 110 valence electrons. The Balaban J connectivity index is 2.30. The highest BCUT2D eigenvalue weighted by molar-refractivity contribution is 6.33. The van der Waals surface area contributed by atoms with Gasteiger partial charge >= 0.3 is 6.09 Å². The Hall–Kier alpha value is -1.75. The normalized spacial score (nSPS) is 10.8. The largest absolute Gasteiger partial charge is 0.444 e. The summed E-state index contributed by atoms with van der Waals surface area (Å²) in [4.78, 5) is 23.2. The lowest BCUT2D eigenvalue weighted by Gasteiger charge is -2.19. The number of nitrogens with one attached hydrogen (secondary N) is 2. The van der Waals surface area contributed by atoms with Crippen LogP contribution in [0.25, 0.3) is 0 Å². The quantitative estimate of drug-likeness (QED) is 0.840. The predicted molar refractivity (Wildman–Crippen MR) is 78.0 cm³/mol. The van der Waals surface area contributed by atoms with Crippen molar-refractivity contribution in [2.45, 2.75) is 26.4 Å². The Labute approximate surface area is 123 Å². The third-order valence-corrected chi connectivity index (χ3v) is 2.53. The number of carbonyl (C=O) groups is 2. The standard InChI is InChI=1S/C14H19ClN2O3/c1-14(2,3)20-13(19)17-9-8-16-12(18)10-6-4-5-7-11(10)15/h4-7H,8-9H2,1-3H3,(H,16,18)(H,17,19). The SMILES string of the molecule is CC(C)(C)OC(=O)NCCNC(=O)c1ccccc1Cl. The average Bonchev–Trinajstić information content (AvgIpc) is 2.33. The van der Waals surface area contributed by atoms with Crippen LogP contribution in [0.15, 0.2) is 24.3 Å². The van der Waals surface area contributed by atoms with Gasteiger partial charge in [-0.1, -0.05) is 23.7 Å². The lowest BCUT2D eigenvalue weighted by Crippen LogP contribution is -2.37. The highest BCUT2D eigenvalue weighted by Gasteiger charge is 2.15. The molecule has 0 aliphatic carbocycles. The topological polar surface area (TPSA) is 67.4 Å². The van der Waals surface area contributed by atoms with Crippen molar-refractivity contribution in [3.05, 3.63) is 34.9 Å². The molecule has 0 bridgehead atoms. The van der Waals surface area contributed by atoms with E-state index >= 15 is 0 Å². The van der Waals surface area contributed by atoms with Crippen molar-refractivity contribution in [3.8, 4) is 0 Å². The summed E-state index contributed by atoms with van der Waals surface area (Å²) < 4.78 is 5.06. The lowest BCUT2D eigenvalue weighted by molar-refractivity contribution is 0.0526. The van der Waals surface area contributed by atoms with E-state index in [-0.39, 0.29) is 12.5 Å². The van der Waals surface area contributed by atoms with Crippen LogP contribution < -0.4 is 10.6 Å². The fourth-order valence-electron chi connectivity index (χ4n) is 1.40. The lowest BCUT2D eigenvalue weighted by atomic mass is 10.2. The molecule has 0 aromatic heterocycles. The molecule has 1 rings (SSSR count). The summed E-state index contributed by atoms with van der Waals surface area (Å²) in [7, 11) is 0. The number of amides is 2. The molecular formula is C14H19ClN2O3. The summed E-state index contributed by atoms with van der Waals surface area (Å²) in [5, 5.41) is 5.61. The first-order valence-corrected chi connectivity index (χ1v) is 6.67. The van der Waals surface area contributed by atoms with Gasteiger partial charge in [0.2, 0.25) is 0 Å². The van der Waals surface area contributed by atoms with E-state index in [0.29, 0.717) is 17.1 Å². The highest BCUT2D eigenvalue weighted by Crippen LogP contribution is 2.14. The van der Waals surface area contributed by atoms with Crippen LogP contribution in [0, 0.1) is 0 Å². The van der Waals surface area contributed by atoms with Gasteiger partial charge in [0.25, 0.3) is 5.91 Å². The average molecular weight is 299 g/mol. The summed E-state index contributed by atoms with van der Waals surface area (Å²) in [5.41, 5.74) is -0.128. The molecule has 0 aliphatic rings. The second kappa shape index (κ2) is 7.14. The maximum Gasteiger partial charge on any atom is 0.407 e. The van der Waals surface area contributed by atoms with Gasteiger partial charge in [-0.05, 0) is 32.9 Å². The van der Waals surface area contributed by atoms with E-state index < -0.39 is 11.7 Å². The van der Waals surface area contributed by atoms with E-state index in [1.807, 2.05) is 0 Å². The van der Waals surface area contributed by atoms with Crippen molar-refractivity contribution >= 4 is 23.6 Å². The van der Waals surface area contributed by atoms with Gasteiger partial charge in [0.05, 0.1) is 10.6 Å². The third-order valence-electron chi connectivity index (χ3n) is 2.20. The summed E-state index contributed by atoms with van der Waals surface area (Å²) in [6.45, 7) is 5.93. The van der Waals surface area contributed by atoms with Gasteiger partial charge in [-0.15, -0.1) is 0 Å². The van der Waals surface area contributed by atoms with Crippen molar-refractivity contribution < 1.29 is 14.3 Å². The first-order valence-electron chi connectivity index (χ1n) is 6.29. The van der Waals surface area contributed by atoms with Crippen LogP contribution in [0.5, 0.6) is 0 Å². The summed E-state index contributed by atoms with van der Waals surface area (Å²) >= 11 is 5.90. The van der Waals surface area contributed by atoms with Crippen LogP contribution in [0.1, 0.15) is 31.1 Å². The van der Waals surface area contributed by atoms with Gasteiger partial charge < -0.3 is 15.4 Å². The molecule has 0 saturated carbocycles. The second-order valence-electron chi connectivity index (χ2n) is 5.16. The number of carbonyl (C=O) groups excluding carboxylic acids is 2. The summed E-state index contributed by atoms with van der Waals surface area (Å²) in [6, 6.07) is 6.78. The molecule has 0 fully saturated rings. The molecule has 6 heteroatoms. The second-order valence-corrected chi connectivity index (χ2v) is 5.57. The zero-order valence-corrected chi connectivity index (χ0v) is 12.6. The fraction of sp³-hybridized carbons (Fsp3) is 0.429. The Morgan fingerprint density at radius 3 is 2.35 bits per heavy atom. The van der Waals surface area contributed by atoms with E-state index in [4.69, 9.17) is 16.3 Å². The van der Waals surface area contributed by atoms with Crippen molar-refractivity contribution in [1.82, 2.24) is 10.6 Å². The maximum atomic E-state index is 11.8. The number of benzene rings is 1. The van der Waals surface area contributed by atoms with E-state index in [1.54, 1.807) is 45.0 Å². The van der Waals surface area contributed by atoms with Crippen LogP contribution in [0.2, 0.25) is 5.02 Å². The Morgan fingerprint density at radius 1 is 1.15 bits per heavy atom. The van der Waals surface area contributed by atoms with Crippen molar-refractivity contribution in [2.75, 3.05) is 13.1 Å². The van der Waals surface area contributed by atoms with E-state index in [0.717, 1.165) is 0 Å². The molecular weight excluding hydrogens is 280 g/mol. The molecule has 0 radical (unpaired) electrons. The van der Waals surface area contributed by atoms with E-state index in [9.17, 15) is 9.59 Å². The van der Waals surface area contributed by atoms with Crippen molar-refractivity contribution in [1.29, 1.82) is 0 Å².